The highest BCUT2D eigenvalue weighted by molar-refractivity contribution is 7.71. The van der Waals surface area contributed by atoms with Gasteiger partial charge in [-0.1, -0.05) is 30.3 Å². The van der Waals surface area contributed by atoms with Crippen molar-refractivity contribution < 1.29 is 9.53 Å². The summed E-state index contributed by atoms with van der Waals surface area (Å²) in [4.78, 5) is 31.3. The van der Waals surface area contributed by atoms with Crippen molar-refractivity contribution in [3.63, 3.8) is 0 Å². The lowest BCUT2D eigenvalue weighted by Crippen LogP contribution is -2.35. The molecule has 1 atom stereocenters. The lowest BCUT2D eigenvalue weighted by Gasteiger charge is -2.25. The molecule has 0 aliphatic carbocycles. The van der Waals surface area contributed by atoms with E-state index in [1.807, 2.05) is 11.0 Å². The van der Waals surface area contributed by atoms with Gasteiger partial charge in [0.15, 0.2) is 4.77 Å². The molecule has 1 aromatic heterocycles. The van der Waals surface area contributed by atoms with Gasteiger partial charge >= 0.3 is 0 Å². The number of methoxy groups -OCH3 is 1. The summed E-state index contributed by atoms with van der Waals surface area (Å²) in [6.45, 7) is 1.83. The van der Waals surface area contributed by atoms with Crippen LogP contribution in [0.15, 0.2) is 53.3 Å². The van der Waals surface area contributed by atoms with E-state index in [9.17, 15) is 9.59 Å². The Labute approximate surface area is 192 Å². The van der Waals surface area contributed by atoms with E-state index < -0.39 is 0 Å². The van der Waals surface area contributed by atoms with Crippen LogP contribution in [0.3, 0.4) is 0 Å². The number of ether oxygens (including phenoxy) is 1. The van der Waals surface area contributed by atoms with E-state index in [1.54, 1.807) is 29.9 Å². The first-order valence-corrected chi connectivity index (χ1v) is 11.6. The minimum Gasteiger partial charge on any atom is -0.385 e. The molecule has 168 valence electrons. The number of likely N-dealkylation sites (tertiary alicyclic amines) is 1. The van der Waals surface area contributed by atoms with Crippen molar-refractivity contribution in [3.8, 4) is 0 Å². The van der Waals surface area contributed by atoms with Crippen LogP contribution in [0.5, 0.6) is 0 Å². The van der Waals surface area contributed by atoms with E-state index in [-0.39, 0.29) is 17.5 Å². The van der Waals surface area contributed by atoms with Gasteiger partial charge in [-0.3, -0.25) is 14.2 Å². The fourth-order valence-corrected chi connectivity index (χ4v) is 4.79. The van der Waals surface area contributed by atoms with Crippen LogP contribution >= 0.6 is 12.2 Å². The van der Waals surface area contributed by atoms with Gasteiger partial charge in [-0.15, -0.1) is 0 Å². The average molecular weight is 452 g/mol. The van der Waals surface area contributed by atoms with Crippen LogP contribution in [-0.4, -0.2) is 46.7 Å². The summed E-state index contributed by atoms with van der Waals surface area (Å²) in [6.07, 6.45) is 4.67. The number of benzene rings is 2. The van der Waals surface area contributed by atoms with Crippen LogP contribution in [0.2, 0.25) is 0 Å². The van der Waals surface area contributed by atoms with E-state index in [4.69, 9.17) is 17.0 Å². The van der Waals surface area contributed by atoms with Gasteiger partial charge in [-0.2, -0.15) is 0 Å². The van der Waals surface area contributed by atoms with Crippen LogP contribution in [0.1, 0.15) is 41.6 Å². The Bertz CT molecular complexity index is 1200. The minimum absolute atomic E-state index is 0.0195. The number of hydrogen-bond acceptors (Lipinski definition) is 4. The smallest absolute Gasteiger partial charge is 0.262 e. The molecule has 7 heteroatoms. The second kappa shape index (κ2) is 10.2. The van der Waals surface area contributed by atoms with Gasteiger partial charge in [0.05, 0.1) is 10.9 Å². The highest BCUT2D eigenvalue weighted by atomic mass is 32.1. The Balaban J connectivity index is 1.53. The van der Waals surface area contributed by atoms with E-state index in [0.717, 1.165) is 32.2 Å². The molecular formula is C25H29N3O3S. The highest BCUT2D eigenvalue weighted by Gasteiger charge is 2.29. The fourth-order valence-electron chi connectivity index (χ4n) is 4.50. The summed E-state index contributed by atoms with van der Waals surface area (Å²) in [7, 11) is 1.63. The van der Waals surface area contributed by atoms with Gasteiger partial charge in [0.25, 0.3) is 11.5 Å². The molecule has 4 rings (SSSR count). The number of hydrogen-bond donors (Lipinski definition) is 1. The van der Waals surface area contributed by atoms with E-state index in [2.05, 4.69) is 29.2 Å². The highest BCUT2D eigenvalue weighted by Crippen LogP contribution is 2.25. The first kappa shape index (κ1) is 22.4. The maximum Gasteiger partial charge on any atom is 0.262 e. The number of nitrogens with one attached hydrogen (secondary N) is 1. The van der Waals surface area contributed by atoms with Crippen molar-refractivity contribution in [2.45, 2.75) is 44.7 Å². The number of nitrogens with zero attached hydrogens (tertiary/aromatic N) is 2. The number of carbonyl (C=O) groups excluding carboxylic acids is 1. The lowest BCUT2D eigenvalue weighted by molar-refractivity contribution is 0.0731. The van der Waals surface area contributed by atoms with Gasteiger partial charge in [0.1, 0.15) is 0 Å². The molecule has 0 radical (unpaired) electrons. The monoisotopic (exact) mass is 451 g/mol. The molecule has 0 spiro atoms. The molecule has 1 saturated heterocycles. The van der Waals surface area contributed by atoms with Crippen LogP contribution in [0.25, 0.3) is 10.9 Å². The number of rotatable bonds is 8. The molecule has 2 heterocycles. The van der Waals surface area contributed by atoms with Crippen LogP contribution in [0, 0.1) is 4.77 Å². The Hall–Kier alpha value is -2.77. The molecule has 0 bridgehead atoms. The fraction of sp³-hybridized carbons (Fsp3) is 0.400. The van der Waals surface area contributed by atoms with Crippen molar-refractivity contribution in [2.75, 3.05) is 20.3 Å². The van der Waals surface area contributed by atoms with Gasteiger partial charge in [-0.25, -0.2) is 0 Å². The molecule has 1 amide bonds. The Morgan fingerprint density at radius 2 is 2.03 bits per heavy atom. The largest absolute Gasteiger partial charge is 0.385 e. The molecule has 32 heavy (non-hydrogen) atoms. The number of carbonyl (C=O) groups is 1. The van der Waals surface area contributed by atoms with Crippen LogP contribution in [-0.2, 0) is 17.7 Å². The second-order valence-corrected chi connectivity index (χ2v) is 8.70. The van der Waals surface area contributed by atoms with Crippen molar-refractivity contribution >= 4 is 29.0 Å². The van der Waals surface area contributed by atoms with Gasteiger partial charge in [0, 0.05) is 38.4 Å². The van der Waals surface area contributed by atoms with Crippen LogP contribution < -0.4 is 5.56 Å². The molecule has 1 fully saturated rings. The quantitative estimate of drug-likeness (QED) is 0.409. The number of fused-ring (bicyclic) bond motifs is 1. The second-order valence-electron chi connectivity index (χ2n) is 8.31. The third-order valence-electron chi connectivity index (χ3n) is 6.21. The van der Waals surface area contributed by atoms with Crippen molar-refractivity contribution in [3.05, 3.63) is 74.8 Å². The van der Waals surface area contributed by atoms with Gasteiger partial charge < -0.3 is 14.6 Å². The summed E-state index contributed by atoms with van der Waals surface area (Å²) in [5.74, 6) is 0.0195. The summed E-state index contributed by atoms with van der Waals surface area (Å²) < 4.78 is 6.99. The van der Waals surface area contributed by atoms with Crippen molar-refractivity contribution in [1.82, 2.24) is 14.5 Å². The maximum absolute atomic E-state index is 13.3. The first-order valence-electron chi connectivity index (χ1n) is 11.2. The lowest BCUT2D eigenvalue weighted by atomic mass is 10.0. The number of aromatic amines is 1. The third-order valence-corrected chi connectivity index (χ3v) is 6.53. The van der Waals surface area contributed by atoms with E-state index in [0.29, 0.717) is 40.8 Å². The van der Waals surface area contributed by atoms with Gasteiger partial charge in [0.2, 0.25) is 0 Å². The predicted octanol–water partition coefficient (Wildman–Crippen LogP) is 4.33. The van der Waals surface area contributed by atoms with Crippen molar-refractivity contribution in [2.24, 2.45) is 0 Å². The molecular weight excluding hydrogens is 422 g/mol. The zero-order chi connectivity index (χ0) is 22.5. The minimum atomic E-state index is -0.138. The zero-order valence-corrected chi connectivity index (χ0v) is 19.2. The summed E-state index contributed by atoms with van der Waals surface area (Å²) in [6, 6.07) is 15.9. The van der Waals surface area contributed by atoms with Gasteiger partial charge in [-0.05, 0) is 68.1 Å². The number of aromatic nitrogens is 2. The van der Waals surface area contributed by atoms with Crippen LogP contribution in [0.4, 0.5) is 0 Å². The molecule has 2 aromatic carbocycles. The Morgan fingerprint density at radius 3 is 2.81 bits per heavy atom. The average Bonchev–Trinajstić information content (AvgIpc) is 3.28. The topological polar surface area (TPSA) is 67.3 Å². The Morgan fingerprint density at radius 1 is 1.22 bits per heavy atom. The standard InChI is InChI=1S/C25H29N3O3S/c1-31-16-6-15-28-24(30)21-13-11-19(17-22(21)26-25(28)32)23(29)27-14-5-9-20(27)12-10-18-7-3-2-4-8-18/h2-4,7-8,11,13,17,20H,5-6,9-10,12,14-16H2,1H3,(H,26,32). The third kappa shape index (κ3) is 4.84. The summed E-state index contributed by atoms with van der Waals surface area (Å²) in [5, 5.41) is 0.537. The van der Waals surface area contributed by atoms with E-state index in [1.165, 1.54) is 5.56 Å². The molecule has 1 aliphatic heterocycles. The molecule has 1 N–H and O–H groups in total. The molecule has 1 unspecified atom stereocenters. The van der Waals surface area contributed by atoms with Crippen molar-refractivity contribution in [1.29, 1.82) is 0 Å². The number of H-pyrrole nitrogens is 1. The Kier molecular flexibility index (Phi) is 7.17. The predicted molar refractivity (Wildman–Crippen MR) is 129 cm³/mol. The molecule has 0 saturated carbocycles. The SMILES string of the molecule is COCCCn1c(=S)[nH]c2cc(C(=O)N3CCCC3CCc3ccccc3)ccc2c1=O. The zero-order valence-electron chi connectivity index (χ0n) is 18.4. The summed E-state index contributed by atoms with van der Waals surface area (Å²) in [5.41, 5.74) is 2.35. The normalized spacial score (nSPS) is 16.0. The number of aryl methyl sites for hydroxylation is 1. The molecule has 3 aromatic rings. The summed E-state index contributed by atoms with van der Waals surface area (Å²) >= 11 is 5.40. The number of amides is 1. The first-order chi connectivity index (χ1) is 15.6. The molecule has 1 aliphatic rings. The molecule has 6 nitrogen and oxygen atoms in total. The maximum atomic E-state index is 13.3. The van der Waals surface area contributed by atoms with E-state index >= 15 is 0 Å².